The average molecular weight is 634 g/mol. The molecule has 3 unspecified atom stereocenters. The van der Waals surface area contributed by atoms with E-state index in [2.05, 4.69) is 11.9 Å². The Hall–Kier alpha value is -3.50. The van der Waals surface area contributed by atoms with E-state index in [9.17, 15) is 14.4 Å². The number of ketones is 1. The molecule has 2 aliphatic carbocycles. The summed E-state index contributed by atoms with van der Waals surface area (Å²) in [6.45, 7) is 9.55. The van der Waals surface area contributed by atoms with Crippen LogP contribution in [-0.2, 0) is 21.6 Å². The molecule has 0 bridgehead atoms. The van der Waals surface area contributed by atoms with E-state index in [1.165, 1.54) is 30.4 Å². The third-order valence-corrected chi connectivity index (χ3v) is 11.3. The summed E-state index contributed by atoms with van der Waals surface area (Å²) in [5, 5.41) is 0.383. The molecule has 10 heteroatoms. The third-order valence-electron chi connectivity index (χ3n) is 9.96. The molecule has 0 amide bonds. The van der Waals surface area contributed by atoms with Crippen LogP contribution in [0.1, 0.15) is 83.5 Å². The van der Waals surface area contributed by atoms with E-state index < -0.39 is 22.9 Å². The molecule has 0 radical (unpaired) electrons. The lowest BCUT2D eigenvalue weighted by Gasteiger charge is -2.29. The monoisotopic (exact) mass is 633 g/mol. The predicted molar refractivity (Wildman–Crippen MR) is 175 cm³/mol. The van der Waals surface area contributed by atoms with E-state index in [4.69, 9.17) is 13.9 Å². The molecular weight excluding hydrogens is 590 g/mol. The second kappa shape index (κ2) is 12.4. The molecular formula is C35H43N3O6S. The number of hydrogen-bond acceptors (Lipinski definition) is 8. The molecule has 2 aliphatic rings. The highest BCUT2D eigenvalue weighted by Gasteiger charge is 2.42. The predicted octanol–water partition coefficient (Wildman–Crippen LogP) is 6.88. The summed E-state index contributed by atoms with van der Waals surface area (Å²) in [7, 11) is 1.63. The lowest BCUT2D eigenvalue weighted by Crippen LogP contribution is -2.52. The van der Waals surface area contributed by atoms with E-state index in [-0.39, 0.29) is 24.9 Å². The molecule has 4 aromatic rings. The number of aryl methyl sites for hydroxylation is 1. The van der Waals surface area contributed by atoms with Crippen molar-refractivity contribution < 1.29 is 18.7 Å². The van der Waals surface area contributed by atoms with Gasteiger partial charge in [-0.3, -0.25) is 14.2 Å². The SMILES string of the molecule is CCCC(=O)C(C)(C)n1c(=O)c2c(C)c(-c3ncco3)sc2n(CC(OC2C[C@H]3CC(C)C[C@H]3C2)c2ccccc2OC)c1=O. The molecule has 45 heavy (non-hydrogen) atoms. The molecule has 2 saturated carbocycles. The van der Waals surface area contributed by atoms with Crippen molar-refractivity contribution in [2.75, 3.05) is 7.11 Å². The minimum atomic E-state index is -1.35. The van der Waals surface area contributed by atoms with Crippen molar-refractivity contribution >= 4 is 27.3 Å². The standard InChI is InChI=1S/C35H43N3O6S/c1-7-10-28(39)35(4,5)38-32(40)29-21(3)30(31-36-13-14-43-31)45-33(29)37(34(38)41)19-27(25-11-8-9-12-26(25)42-6)44-24-17-22-15-20(2)16-23(22)18-24/h8-9,11-14,20,22-24,27H,7,10,15-19H2,1-6H3/t20?,22-,23+,24?,27?. The highest BCUT2D eigenvalue weighted by molar-refractivity contribution is 7.22. The van der Waals surface area contributed by atoms with Crippen molar-refractivity contribution in [1.29, 1.82) is 0 Å². The molecule has 5 atom stereocenters. The molecule has 0 saturated heterocycles. The van der Waals surface area contributed by atoms with E-state index >= 15 is 0 Å². The molecule has 0 spiro atoms. The van der Waals surface area contributed by atoms with Gasteiger partial charge in [0.25, 0.3) is 5.56 Å². The first-order chi connectivity index (χ1) is 21.5. The van der Waals surface area contributed by atoms with Gasteiger partial charge in [-0.15, -0.1) is 11.3 Å². The lowest BCUT2D eigenvalue weighted by atomic mass is 9.95. The van der Waals surface area contributed by atoms with Gasteiger partial charge >= 0.3 is 5.69 Å². The Morgan fingerprint density at radius 2 is 1.87 bits per heavy atom. The zero-order chi connectivity index (χ0) is 32.0. The highest BCUT2D eigenvalue weighted by atomic mass is 32.1. The van der Waals surface area contributed by atoms with Crippen LogP contribution in [-0.4, -0.2) is 33.1 Å². The number of carbonyl (C=O) groups excluding carboxylic acids is 1. The molecule has 0 N–H and O–H groups in total. The Morgan fingerprint density at radius 3 is 2.51 bits per heavy atom. The van der Waals surface area contributed by atoms with Gasteiger partial charge in [0.1, 0.15) is 28.5 Å². The molecule has 6 rings (SSSR count). The fourth-order valence-corrected chi connectivity index (χ4v) is 8.96. The van der Waals surface area contributed by atoms with Crippen LogP contribution in [0.25, 0.3) is 21.0 Å². The van der Waals surface area contributed by atoms with Gasteiger partial charge in [-0.1, -0.05) is 32.0 Å². The smallest absolute Gasteiger partial charge is 0.333 e. The molecule has 3 heterocycles. The number of carbonyl (C=O) groups is 1. The number of benzene rings is 1. The van der Waals surface area contributed by atoms with Crippen LogP contribution >= 0.6 is 11.3 Å². The summed E-state index contributed by atoms with van der Waals surface area (Å²) < 4.78 is 21.1. The van der Waals surface area contributed by atoms with Crippen molar-refractivity contribution in [3.63, 3.8) is 0 Å². The first-order valence-electron chi connectivity index (χ1n) is 16.1. The van der Waals surface area contributed by atoms with Gasteiger partial charge in [-0.25, -0.2) is 14.3 Å². The van der Waals surface area contributed by atoms with E-state index in [0.717, 1.165) is 28.9 Å². The Kier molecular flexibility index (Phi) is 8.65. The van der Waals surface area contributed by atoms with Gasteiger partial charge in [0, 0.05) is 12.0 Å². The van der Waals surface area contributed by atoms with Gasteiger partial charge in [-0.05, 0) is 82.3 Å². The lowest BCUT2D eigenvalue weighted by molar-refractivity contribution is -0.126. The molecule has 3 aromatic heterocycles. The number of thiophene rings is 1. The summed E-state index contributed by atoms with van der Waals surface area (Å²) in [6, 6.07) is 7.74. The van der Waals surface area contributed by atoms with Crippen LogP contribution in [0.3, 0.4) is 0 Å². The largest absolute Gasteiger partial charge is 0.496 e. The number of hydrogen-bond donors (Lipinski definition) is 0. The van der Waals surface area contributed by atoms with E-state index in [1.54, 1.807) is 31.7 Å². The second-order valence-corrected chi connectivity index (χ2v) is 14.4. The van der Waals surface area contributed by atoms with Gasteiger partial charge in [0.15, 0.2) is 5.78 Å². The summed E-state index contributed by atoms with van der Waals surface area (Å²) in [5.41, 5.74) is -0.873. The van der Waals surface area contributed by atoms with Crippen molar-refractivity contribution in [3.8, 4) is 16.5 Å². The van der Waals surface area contributed by atoms with Crippen LogP contribution in [0.15, 0.2) is 50.7 Å². The zero-order valence-corrected chi connectivity index (χ0v) is 27.8. The number of methoxy groups -OCH3 is 1. The normalized spacial score (nSPS) is 22.2. The van der Waals surface area contributed by atoms with Crippen molar-refractivity contribution in [2.24, 2.45) is 17.8 Å². The number of Topliss-reactive ketones (excluding diaryl/α,β-unsaturated/α-hetero) is 1. The Balaban J connectivity index is 1.53. The molecule has 0 aliphatic heterocycles. The summed E-state index contributed by atoms with van der Waals surface area (Å²) in [5.74, 6) is 2.96. The second-order valence-electron chi connectivity index (χ2n) is 13.4. The number of aromatic nitrogens is 3. The summed E-state index contributed by atoms with van der Waals surface area (Å²) >= 11 is 1.30. The molecule has 1 aromatic carbocycles. The number of oxazole rings is 1. The maximum absolute atomic E-state index is 14.6. The molecule has 9 nitrogen and oxygen atoms in total. The third kappa shape index (κ3) is 5.60. The number of fused-ring (bicyclic) bond motifs is 2. The quantitative estimate of drug-likeness (QED) is 0.177. The number of ether oxygens (including phenoxy) is 2. The maximum atomic E-state index is 14.6. The van der Waals surface area contributed by atoms with Crippen LogP contribution < -0.4 is 16.0 Å². The van der Waals surface area contributed by atoms with Crippen LogP contribution in [0.2, 0.25) is 0 Å². The topological polar surface area (TPSA) is 106 Å². The van der Waals surface area contributed by atoms with E-state index in [1.807, 2.05) is 38.1 Å². The Morgan fingerprint density at radius 1 is 1.16 bits per heavy atom. The number of rotatable bonds is 11. The first kappa shape index (κ1) is 31.5. The highest BCUT2D eigenvalue weighted by Crippen LogP contribution is 2.49. The summed E-state index contributed by atoms with van der Waals surface area (Å²) in [4.78, 5) is 47.7. The average Bonchev–Trinajstić information content (AvgIpc) is 3.79. The van der Waals surface area contributed by atoms with Crippen molar-refractivity contribution in [3.05, 3.63) is 68.7 Å². The Bertz CT molecular complexity index is 1800. The van der Waals surface area contributed by atoms with Crippen molar-refractivity contribution in [2.45, 2.75) is 97.4 Å². The maximum Gasteiger partial charge on any atom is 0.333 e. The van der Waals surface area contributed by atoms with Crippen LogP contribution in [0.4, 0.5) is 0 Å². The van der Waals surface area contributed by atoms with Crippen LogP contribution in [0, 0.1) is 24.7 Å². The van der Waals surface area contributed by atoms with E-state index in [0.29, 0.717) is 50.6 Å². The number of para-hydroxylation sites is 1. The van der Waals surface area contributed by atoms with Gasteiger partial charge in [0.2, 0.25) is 5.89 Å². The fraction of sp³-hybridized carbons (Fsp3) is 0.543. The minimum Gasteiger partial charge on any atom is -0.496 e. The molecule has 240 valence electrons. The number of nitrogens with zero attached hydrogens (tertiary/aromatic N) is 3. The minimum absolute atomic E-state index is 0.0510. The van der Waals surface area contributed by atoms with Gasteiger partial charge < -0.3 is 13.9 Å². The summed E-state index contributed by atoms with van der Waals surface area (Å²) in [6.07, 6.45) is 7.89. The van der Waals surface area contributed by atoms with Crippen LogP contribution in [0.5, 0.6) is 5.75 Å². The zero-order valence-electron chi connectivity index (χ0n) is 27.0. The first-order valence-corrected chi connectivity index (χ1v) is 16.9. The molecule has 2 fully saturated rings. The Labute approximate surface area is 267 Å². The van der Waals surface area contributed by atoms with Crippen molar-refractivity contribution in [1.82, 2.24) is 14.1 Å². The van der Waals surface area contributed by atoms with Gasteiger partial charge in [-0.2, -0.15) is 0 Å². The van der Waals surface area contributed by atoms with Gasteiger partial charge in [0.05, 0.1) is 36.2 Å². The fourth-order valence-electron chi connectivity index (χ4n) is 7.72.